The molecular formula is C24H27NO9. The van der Waals surface area contributed by atoms with Crippen LogP contribution in [0.25, 0.3) is 0 Å². The average Bonchev–Trinajstić information content (AvgIpc) is 3.25. The van der Waals surface area contributed by atoms with Gasteiger partial charge in [-0.2, -0.15) is 0 Å². The Morgan fingerprint density at radius 2 is 1.82 bits per heavy atom. The molecule has 0 unspecified atom stereocenters. The Balaban J connectivity index is 1.58. The number of rotatable bonds is 9. The molecule has 1 aliphatic rings. The number of ether oxygens (including phenoxy) is 4. The Hall–Kier alpha value is -3.82. The number of ketones is 1. The van der Waals surface area contributed by atoms with Crippen molar-refractivity contribution in [3.8, 4) is 11.5 Å². The average molecular weight is 473 g/mol. The smallest absolute Gasteiger partial charge is 0.344 e. The number of carbonyl (C=O) groups is 4. The first-order valence-electron chi connectivity index (χ1n) is 10.7. The van der Waals surface area contributed by atoms with E-state index in [1.54, 1.807) is 19.1 Å². The summed E-state index contributed by atoms with van der Waals surface area (Å²) in [6.45, 7) is 7.24. The maximum Gasteiger partial charge on any atom is 0.344 e. The van der Waals surface area contributed by atoms with Gasteiger partial charge in [0.1, 0.15) is 16.9 Å². The summed E-state index contributed by atoms with van der Waals surface area (Å²) >= 11 is 0. The van der Waals surface area contributed by atoms with E-state index in [0.717, 1.165) is 12.0 Å². The number of carbonyl (C=O) groups excluding carboxylic acids is 4. The lowest BCUT2D eigenvalue weighted by Gasteiger charge is -2.18. The Labute approximate surface area is 196 Å². The number of fused-ring (bicyclic) bond motifs is 1. The predicted molar refractivity (Wildman–Crippen MR) is 119 cm³/mol. The van der Waals surface area contributed by atoms with Crippen molar-refractivity contribution in [1.29, 1.82) is 0 Å². The van der Waals surface area contributed by atoms with E-state index in [0.29, 0.717) is 11.5 Å². The molecule has 0 aliphatic carbocycles. The molecule has 0 fully saturated rings. The minimum absolute atomic E-state index is 0.0138. The first kappa shape index (κ1) is 24.8. The van der Waals surface area contributed by atoms with Crippen LogP contribution >= 0.6 is 0 Å². The maximum atomic E-state index is 12.3. The summed E-state index contributed by atoms with van der Waals surface area (Å²) in [7, 11) is 0. The molecular weight excluding hydrogens is 446 g/mol. The Morgan fingerprint density at radius 3 is 2.50 bits per heavy atom. The molecule has 182 valence electrons. The molecule has 0 saturated carbocycles. The molecule has 10 nitrogen and oxygen atoms in total. The van der Waals surface area contributed by atoms with Crippen LogP contribution in [-0.2, 0) is 25.5 Å². The zero-order valence-corrected chi connectivity index (χ0v) is 19.7. The highest BCUT2D eigenvalue weighted by Crippen LogP contribution is 2.41. The number of esters is 2. The maximum absolute atomic E-state index is 12.3. The molecule has 1 aliphatic heterocycles. The number of aryl methyl sites for hydroxylation is 1. The van der Waals surface area contributed by atoms with Crippen molar-refractivity contribution in [2.45, 2.75) is 46.6 Å². The molecule has 0 atom stereocenters. The number of Topliss-reactive ketones (excluding diaryl/α,β-unsaturated/α-hetero) is 1. The van der Waals surface area contributed by atoms with Gasteiger partial charge in [-0.1, -0.05) is 12.1 Å². The number of anilines is 1. The van der Waals surface area contributed by atoms with E-state index in [1.807, 2.05) is 19.9 Å². The molecule has 3 rings (SSSR count). The molecule has 0 radical (unpaired) electrons. The molecule has 2 aromatic rings. The summed E-state index contributed by atoms with van der Waals surface area (Å²) < 4.78 is 26.7. The van der Waals surface area contributed by atoms with Crippen LogP contribution in [0.1, 0.15) is 59.7 Å². The lowest BCUT2D eigenvalue weighted by Crippen LogP contribution is -2.25. The van der Waals surface area contributed by atoms with Crippen molar-refractivity contribution >= 4 is 29.5 Å². The molecule has 10 heteroatoms. The van der Waals surface area contributed by atoms with E-state index < -0.39 is 36.8 Å². The van der Waals surface area contributed by atoms with Crippen LogP contribution in [0.2, 0.25) is 0 Å². The van der Waals surface area contributed by atoms with Gasteiger partial charge in [-0.3, -0.25) is 14.9 Å². The van der Waals surface area contributed by atoms with Crippen molar-refractivity contribution in [2.24, 2.45) is 0 Å². The largest absolute Gasteiger partial charge is 0.483 e. The minimum atomic E-state index is -0.814. The second-order valence-corrected chi connectivity index (χ2v) is 8.29. The van der Waals surface area contributed by atoms with E-state index >= 15 is 0 Å². The highest BCUT2D eigenvalue weighted by Gasteiger charge is 2.32. The molecule has 0 bridgehead atoms. The van der Waals surface area contributed by atoms with Gasteiger partial charge in [0.05, 0.1) is 12.2 Å². The van der Waals surface area contributed by atoms with Crippen LogP contribution in [0.4, 0.5) is 5.88 Å². The first-order chi connectivity index (χ1) is 16.0. The fourth-order valence-electron chi connectivity index (χ4n) is 3.64. The zero-order valence-electron chi connectivity index (χ0n) is 19.7. The van der Waals surface area contributed by atoms with Gasteiger partial charge in [0.15, 0.2) is 30.5 Å². The monoisotopic (exact) mass is 473 g/mol. The van der Waals surface area contributed by atoms with E-state index in [9.17, 15) is 19.2 Å². The Morgan fingerprint density at radius 1 is 1.09 bits per heavy atom. The SMILES string of the molecule is CCOC(=O)c1c(NC(=O)COC(=O)COc2cccc3c2OC(C)(C)C3)oc(C)c1C(C)=O. The van der Waals surface area contributed by atoms with Gasteiger partial charge in [0.2, 0.25) is 5.88 Å². The van der Waals surface area contributed by atoms with Gasteiger partial charge >= 0.3 is 11.9 Å². The normalized spacial score (nSPS) is 13.4. The van der Waals surface area contributed by atoms with Crippen molar-refractivity contribution < 1.29 is 42.5 Å². The van der Waals surface area contributed by atoms with E-state index in [1.165, 1.54) is 13.8 Å². The summed E-state index contributed by atoms with van der Waals surface area (Å²) in [5, 5.41) is 2.34. The van der Waals surface area contributed by atoms with Crippen LogP contribution in [0, 0.1) is 6.92 Å². The number of benzene rings is 1. The van der Waals surface area contributed by atoms with E-state index in [2.05, 4.69) is 5.32 Å². The van der Waals surface area contributed by atoms with E-state index in [-0.39, 0.29) is 35.0 Å². The number of nitrogens with one attached hydrogen (secondary N) is 1. The molecule has 1 N–H and O–H groups in total. The van der Waals surface area contributed by atoms with Gasteiger partial charge in [-0.25, -0.2) is 9.59 Å². The van der Waals surface area contributed by atoms with Crippen LogP contribution in [0.15, 0.2) is 22.6 Å². The third-order valence-electron chi connectivity index (χ3n) is 4.93. The first-order valence-corrected chi connectivity index (χ1v) is 10.7. The summed E-state index contributed by atoms with van der Waals surface area (Å²) in [6, 6.07) is 5.42. The third-order valence-corrected chi connectivity index (χ3v) is 4.93. The Kier molecular flexibility index (Phi) is 7.29. The van der Waals surface area contributed by atoms with E-state index in [4.69, 9.17) is 23.4 Å². The summed E-state index contributed by atoms with van der Waals surface area (Å²) in [5.74, 6) is -1.90. The van der Waals surface area contributed by atoms with Gasteiger partial charge in [0.25, 0.3) is 5.91 Å². The topological polar surface area (TPSA) is 130 Å². The third kappa shape index (κ3) is 5.56. The van der Waals surface area contributed by atoms with Gasteiger partial charge in [-0.15, -0.1) is 0 Å². The number of amides is 1. The highest BCUT2D eigenvalue weighted by atomic mass is 16.6. The van der Waals surface area contributed by atoms with Crippen molar-refractivity contribution in [3.05, 3.63) is 40.6 Å². The molecule has 1 aromatic carbocycles. The molecule has 34 heavy (non-hydrogen) atoms. The van der Waals surface area contributed by atoms with Gasteiger partial charge in [0, 0.05) is 12.0 Å². The fourth-order valence-corrected chi connectivity index (χ4v) is 3.64. The van der Waals surface area contributed by atoms with Gasteiger partial charge in [-0.05, 0) is 40.7 Å². The number of furan rings is 1. The quantitative estimate of drug-likeness (QED) is 0.431. The minimum Gasteiger partial charge on any atom is -0.483 e. The summed E-state index contributed by atoms with van der Waals surface area (Å²) in [4.78, 5) is 48.6. The summed E-state index contributed by atoms with van der Waals surface area (Å²) in [5.41, 5.74) is 0.442. The second-order valence-electron chi connectivity index (χ2n) is 8.29. The molecule has 1 amide bonds. The van der Waals surface area contributed by atoms with Crippen molar-refractivity contribution in [1.82, 2.24) is 0 Å². The molecule has 2 heterocycles. The van der Waals surface area contributed by atoms with Crippen LogP contribution < -0.4 is 14.8 Å². The Bertz CT molecular complexity index is 1130. The summed E-state index contributed by atoms with van der Waals surface area (Å²) in [6.07, 6.45) is 0.718. The van der Waals surface area contributed by atoms with Crippen molar-refractivity contribution in [2.75, 3.05) is 25.1 Å². The standard InChI is InChI=1S/C24H27NO9/c1-6-30-23(29)20-19(13(2)26)14(3)33-22(20)25-17(27)11-32-18(28)12-31-16-9-7-8-15-10-24(4,5)34-21(15)16/h7-9H,6,10-12H2,1-5H3,(H,25,27). The van der Waals surface area contributed by atoms with Crippen LogP contribution in [-0.4, -0.2) is 49.1 Å². The predicted octanol–water partition coefficient (Wildman–Crippen LogP) is 3.24. The number of para-hydroxylation sites is 1. The molecule has 1 aromatic heterocycles. The lowest BCUT2D eigenvalue weighted by atomic mass is 10.0. The van der Waals surface area contributed by atoms with Crippen LogP contribution in [0.3, 0.4) is 0 Å². The second kappa shape index (κ2) is 9.98. The molecule has 0 saturated heterocycles. The number of hydrogen-bond acceptors (Lipinski definition) is 9. The van der Waals surface area contributed by atoms with Crippen LogP contribution in [0.5, 0.6) is 11.5 Å². The molecule has 0 spiro atoms. The van der Waals surface area contributed by atoms with Gasteiger partial charge < -0.3 is 23.4 Å². The fraction of sp³-hybridized carbons (Fsp3) is 0.417. The highest BCUT2D eigenvalue weighted by molar-refractivity contribution is 6.10. The zero-order chi connectivity index (χ0) is 25.0. The number of hydrogen-bond donors (Lipinski definition) is 1. The lowest BCUT2D eigenvalue weighted by molar-refractivity contribution is -0.149. The van der Waals surface area contributed by atoms with Crippen molar-refractivity contribution in [3.63, 3.8) is 0 Å².